The molecule has 0 aromatic heterocycles. The largest absolute Gasteiger partial charge is 0.383 e. The fraction of sp³-hybridized carbons (Fsp3) is 0.600. The lowest BCUT2D eigenvalue weighted by Gasteiger charge is -2.27. The summed E-state index contributed by atoms with van der Waals surface area (Å²) < 4.78 is 33.3. The van der Waals surface area contributed by atoms with Crippen molar-refractivity contribution < 1.29 is 13.5 Å². The highest BCUT2D eigenvalue weighted by Gasteiger charge is 2.19. The lowest BCUT2D eigenvalue weighted by atomic mass is 10.1. The fourth-order valence-electron chi connectivity index (χ4n) is 2.04. The van der Waals surface area contributed by atoms with Gasteiger partial charge in [-0.2, -0.15) is 11.8 Å². The van der Waals surface area contributed by atoms with Crippen molar-refractivity contribution in [3.63, 3.8) is 0 Å². The Morgan fingerprint density at radius 3 is 2.48 bits per heavy atom. The molecule has 1 aromatic carbocycles. The molecule has 0 heterocycles. The molecule has 0 saturated carbocycles. The van der Waals surface area contributed by atoms with E-state index in [1.807, 2.05) is 13.2 Å². The van der Waals surface area contributed by atoms with E-state index >= 15 is 0 Å². The second-order valence-corrected chi connectivity index (χ2v) is 5.90. The van der Waals surface area contributed by atoms with E-state index in [-0.39, 0.29) is 11.7 Å². The molecule has 0 spiro atoms. The topological polar surface area (TPSA) is 24.5 Å². The molecule has 0 saturated heterocycles. The Bertz CT molecular complexity index is 423. The number of ether oxygens (including phenoxy) is 1. The van der Waals surface area contributed by atoms with Crippen molar-refractivity contribution in [3.8, 4) is 0 Å². The van der Waals surface area contributed by atoms with E-state index in [9.17, 15) is 8.78 Å². The van der Waals surface area contributed by atoms with Gasteiger partial charge in [-0.15, -0.1) is 0 Å². The Morgan fingerprint density at radius 1 is 1.33 bits per heavy atom. The smallest absolute Gasteiger partial charge is 0.149 e. The van der Waals surface area contributed by atoms with Crippen LogP contribution in [-0.4, -0.2) is 45.4 Å². The zero-order valence-electron chi connectivity index (χ0n) is 13.1. The zero-order valence-corrected chi connectivity index (χ0v) is 13.9. The van der Waals surface area contributed by atoms with Gasteiger partial charge in [0.25, 0.3) is 0 Å². The monoisotopic (exact) mass is 318 g/mol. The molecule has 21 heavy (non-hydrogen) atoms. The van der Waals surface area contributed by atoms with Gasteiger partial charge in [-0.05, 0) is 30.9 Å². The summed E-state index contributed by atoms with van der Waals surface area (Å²) in [4.78, 5) is 1.66. The van der Waals surface area contributed by atoms with Crippen LogP contribution in [0.25, 0.3) is 0 Å². The van der Waals surface area contributed by atoms with Crippen molar-refractivity contribution in [1.82, 2.24) is 5.32 Å². The quantitative estimate of drug-likeness (QED) is 0.708. The molecule has 0 aliphatic carbocycles. The van der Waals surface area contributed by atoms with Crippen LogP contribution in [0.2, 0.25) is 0 Å². The molecule has 0 radical (unpaired) electrons. The van der Waals surface area contributed by atoms with Crippen LogP contribution >= 0.6 is 11.8 Å². The van der Waals surface area contributed by atoms with Gasteiger partial charge in [-0.25, -0.2) is 8.78 Å². The summed E-state index contributed by atoms with van der Waals surface area (Å²) in [5, 5.41) is 3.07. The molecule has 0 aliphatic heterocycles. The number of hydrogen-bond acceptors (Lipinski definition) is 4. The summed E-state index contributed by atoms with van der Waals surface area (Å²) in [6, 6.07) is 2.84. The maximum Gasteiger partial charge on any atom is 0.149 e. The van der Waals surface area contributed by atoms with E-state index in [0.717, 1.165) is 5.75 Å². The third-order valence-electron chi connectivity index (χ3n) is 3.31. The van der Waals surface area contributed by atoms with Gasteiger partial charge in [0, 0.05) is 39.0 Å². The number of halogens is 2. The van der Waals surface area contributed by atoms with Crippen molar-refractivity contribution >= 4 is 17.4 Å². The number of rotatable bonds is 9. The minimum atomic E-state index is -0.519. The van der Waals surface area contributed by atoms with Crippen molar-refractivity contribution in [2.45, 2.75) is 19.5 Å². The van der Waals surface area contributed by atoms with Crippen LogP contribution in [0.15, 0.2) is 12.1 Å². The summed E-state index contributed by atoms with van der Waals surface area (Å²) in [6.45, 7) is 3.58. The number of thioether (sulfide) groups is 1. The number of hydrogen-bond donors (Lipinski definition) is 1. The highest BCUT2D eigenvalue weighted by Crippen LogP contribution is 2.26. The van der Waals surface area contributed by atoms with Gasteiger partial charge in [-0.3, -0.25) is 0 Å². The molecule has 1 atom stereocenters. The summed E-state index contributed by atoms with van der Waals surface area (Å²) >= 11 is 1.65. The number of anilines is 1. The second-order valence-electron chi connectivity index (χ2n) is 4.99. The Hall–Kier alpha value is -0.850. The maximum absolute atomic E-state index is 14.2. The molecule has 0 amide bonds. The minimum Gasteiger partial charge on any atom is -0.383 e. The SMILES string of the molecule is COCCNCc1cc(F)c(N(C)C(C)CSC)c(F)c1. The molecule has 1 N–H and O–H groups in total. The molecular formula is C15H24F2N2OS. The second kappa shape index (κ2) is 9.23. The first-order chi connectivity index (χ1) is 10.0. The molecule has 1 aromatic rings. The van der Waals surface area contributed by atoms with Gasteiger partial charge < -0.3 is 15.0 Å². The van der Waals surface area contributed by atoms with E-state index in [1.54, 1.807) is 30.8 Å². The lowest BCUT2D eigenvalue weighted by Crippen LogP contribution is -2.32. The highest BCUT2D eigenvalue weighted by atomic mass is 32.2. The fourth-order valence-corrected chi connectivity index (χ4v) is 2.74. The molecule has 0 bridgehead atoms. The number of nitrogens with one attached hydrogen (secondary N) is 1. The van der Waals surface area contributed by atoms with Crippen LogP contribution in [0.1, 0.15) is 12.5 Å². The van der Waals surface area contributed by atoms with Gasteiger partial charge in [0.1, 0.15) is 17.3 Å². The molecule has 1 unspecified atom stereocenters. The van der Waals surface area contributed by atoms with Crippen LogP contribution in [-0.2, 0) is 11.3 Å². The summed E-state index contributed by atoms with van der Waals surface area (Å²) in [5.41, 5.74) is 0.632. The van der Waals surface area contributed by atoms with E-state index in [2.05, 4.69) is 5.32 Å². The van der Waals surface area contributed by atoms with E-state index in [1.165, 1.54) is 12.1 Å². The van der Waals surface area contributed by atoms with E-state index in [4.69, 9.17) is 4.74 Å². The van der Waals surface area contributed by atoms with Gasteiger partial charge in [0.2, 0.25) is 0 Å². The first-order valence-electron chi connectivity index (χ1n) is 6.90. The van der Waals surface area contributed by atoms with Crippen LogP contribution < -0.4 is 10.2 Å². The summed E-state index contributed by atoms with van der Waals surface area (Å²) in [6.07, 6.45) is 1.98. The van der Waals surface area contributed by atoms with Crippen molar-refractivity contribution in [1.29, 1.82) is 0 Å². The van der Waals surface area contributed by atoms with Crippen molar-refractivity contribution in [3.05, 3.63) is 29.3 Å². The third-order valence-corrected chi connectivity index (χ3v) is 4.13. The van der Waals surface area contributed by atoms with Gasteiger partial charge >= 0.3 is 0 Å². The van der Waals surface area contributed by atoms with Gasteiger partial charge in [-0.1, -0.05) is 0 Å². The molecule has 120 valence electrons. The lowest BCUT2D eigenvalue weighted by molar-refractivity contribution is 0.199. The van der Waals surface area contributed by atoms with E-state index < -0.39 is 11.6 Å². The van der Waals surface area contributed by atoms with Crippen LogP contribution in [0.3, 0.4) is 0 Å². The van der Waals surface area contributed by atoms with Crippen LogP contribution in [0, 0.1) is 11.6 Å². The number of methoxy groups -OCH3 is 1. The Balaban J connectivity index is 2.79. The normalized spacial score (nSPS) is 12.5. The number of benzene rings is 1. The first kappa shape index (κ1) is 18.2. The minimum absolute atomic E-state index is 0.0391. The van der Waals surface area contributed by atoms with Gasteiger partial charge in [0.15, 0.2) is 0 Å². The Morgan fingerprint density at radius 2 is 1.95 bits per heavy atom. The molecule has 1 rings (SSSR count). The average Bonchev–Trinajstić information content (AvgIpc) is 2.43. The Kier molecular flexibility index (Phi) is 8.00. The first-order valence-corrected chi connectivity index (χ1v) is 8.30. The molecule has 6 heteroatoms. The van der Waals surface area contributed by atoms with Gasteiger partial charge in [0.05, 0.1) is 6.61 Å². The van der Waals surface area contributed by atoms with Crippen molar-refractivity contribution in [2.24, 2.45) is 0 Å². The highest BCUT2D eigenvalue weighted by molar-refractivity contribution is 7.98. The third kappa shape index (κ3) is 5.45. The predicted molar refractivity (Wildman–Crippen MR) is 86.2 cm³/mol. The molecule has 0 fully saturated rings. The summed E-state index contributed by atoms with van der Waals surface area (Å²) in [5.74, 6) is -0.224. The predicted octanol–water partition coefficient (Wildman–Crippen LogP) is 2.89. The summed E-state index contributed by atoms with van der Waals surface area (Å²) in [7, 11) is 3.33. The molecular weight excluding hydrogens is 294 g/mol. The van der Waals surface area contributed by atoms with Crippen molar-refractivity contribution in [2.75, 3.05) is 44.2 Å². The maximum atomic E-state index is 14.2. The van der Waals surface area contributed by atoms with E-state index in [0.29, 0.717) is 25.3 Å². The Labute approximate surface area is 130 Å². The average molecular weight is 318 g/mol. The van der Waals surface area contributed by atoms with Crippen LogP contribution in [0.5, 0.6) is 0 Å². The number of nitrogens with zero attached hydrogens (tertiary/aromatic N) is 1. The molecule has 3 nitrogen and oxygen atoms in total. The van der Waals surface area contributed by atoms with Crippen LogP contribution in [0.4, 0.5) is 14.5 Å². The standard InChI is InChI=1S/C15H24F2N2OS/c1-11(10-21-4)19(2)15-13(16)7-12(8-14(15)17)9-18-5-6-20-3/h7-8,11,18H,5-6,9-10H2,1-4H3. The molecule has 0 aliphatic rings. The zero-order chi connectivity index (χ0) is 15.8.